The normalized spacial score (nSPS) is 12.4. The van der Waals surface area contributed by atoms with Crippen molar-refractivity contribution in [3.05, 3.63) is 59.1 Å². The van der Waals surface area contributed by atoms with E-state index in [0.29, 0.717) is 0 Å². The van der Waals surface area contributed by atoms with Gasteiger partial charge >= 0.3 is 0 Å². The van der Waals surface area contributed by atoms with E-state index in [1.54, 1.807) is 11.8 Å². The van der Waals surface area contributed by atoms with Crippen molar-refractivity contribution in [2.45, 2.75) is 29.2 Å². The lowest BCUT2D eigenvalue weighted by atomic mass is 10.1. The second-order valence-corrected chi connectivity index (χ2v) is 5.90. The molecule has 0 aliphatic rings. The standard InChI is InChI=1S/C15H16ClNS/c1-11(17)9-12-10-13(16)7-8-15(12)18-14-5-3-2-4-6-14/h2-8,10-11H,9,17H2,1H3. The third-order valence-corrected chi connectivity index (χ3v) is 3.90. The average molecular weight is 278 g/mol. The van der Waals surface area contributed by atoms with Crippen LogP contribution in [0.25, 0.3) is 0 Å². The molecule has 0 saturated heterocycles. The van der Waals surface area contributed by atoms with E-state index >= 15 is 0 Å². The Hall–Kier alpha value is -0.960. The highest BCUT2D eigenvalue weighted by molar-refractivity contribution is 7.99. The molecule has 0 bridgehead atoms. The molecule has 2 aromatic rings. The van der Waals surface area contributed by atoms with Crippen molar-refractivity contribution in [3.8, 4) is 0 Å². The average Bonchev–Trinajstić information content (AvgIpc) is 2.33. The van der Waals surface area contributed by atoms with E-state index in [1.807, 2.05) is 37.3 Å². The van der Waals surface area contributed by atoms with Crippen LogP contribution in [0.4, 0.5) is 0 Å². The summed E-state index contributed by atoms with van der Waals surface area (Å²) in [5.74, 6) is 0. The van der Waals surface area contributed by atoms with Gasteiger partial charge in [-0.1, -0.05) is 41.6 Å². The van der Waals surface area contributed by atoms with Crippen LogP contribution in [0.2, 0.25) is 5.02 Å². The van der Waals surface area contributed by atoms with Crippen molar-refractivity contribution in [2.24, 2.45) is 5.73 Å². The smallest absolute Gasteiger partial charge is 0.0409 e. The first-order chi connectivity index (χ1) is 8.65. The van der Waals surface area contributed by atoms with Gasteiger partial charge in [-0.2, -0.15) is 0 Å². The summed E-state index contributed by atoms with van der Waals surface area (Å²) in [7, 11) is 0. The minimum absolute atomic E-state index is 0.138. The summed E-state index contributed by atoms with van der Waals surface area (Å²) in [6.45, 7) is 2.01. The topological polar surface area (TPSA) is 26.0 Å². The Bertz CT molecular complexity index is 511. The fourth-order valence-electron chi connectivity index (χ4n) is 1.77. The van der Waals surface area contributed by atoms with E-state index in [-0.39, 0.29) is 6.04 Å². The Balaban J connectivity index is 2.26. The highest BCUT2D eigenvalue weighted by atomic mass is 35.5. The number of rotatable bonds is 4. The fourth-order valence-corrected chi connectivity index (χ4v) is 2.92. The van der Waals surface area contributed by atoms with E-state index in [9.17, 15) is 0 Å². The second-order valence-electron chi connectivity index (χ2n) is 4.35. The van der Waals surface area contributed by atoms with Gasteiger partial charge in [-0.15, -0.1) is 0 Å². The third kappa shape index (κ3) is 3.77. The Morgan fingerprint density at radius 2 is 1.89 bits per heavy atom. The van der Waals surface area contributed by atoms with Gasteiger partial charge in [-0.25, -0.2) is 0 Å². The third-order valence-electron chi connectivity index (χ3n) is 2.54. The summed E-state index contributed by atoms with van der Waals surface area (Å²) >= 11 is 7.80. The second kappa shape index (κ2) is 6.28. The van der Waals surface area contributed by atoms with Gasteiger partial charge in [0.2, 0.25) is 0 Å². The van der Waals surface area contributed by atoms with Gasteiger partial charge < -0.3 is 5.73 Å². The molecule has 1 unspecified atom stereocenters. The predicted molar refractivity (Wildman–Crippen MR) is 79.4 cm³/mol. The first-order valence-corrected chi connectivity index (χ1v) is 7.11. The summed E-state index contributed by atoms with van der Waals surface area (Å²) in [5, 5.41) is 0.767. The van der Waals surface area contributed by atoms with Crippen molar-refractivity contribution in [3.63, 3.8) is 0 Å². The molecule has 0 aromatic heterocycles. The molecule has 1 nitrogen and oxygen atoms in total. The van der Waals surface area contributed by atoms with Crippen LogP contribution in [0.1, 0.15) is 12.5 Å². The zero-order valence-corrected chi connectivity index (χ0v) is 11.8. The Labute approximate surface area is 117 Å². The van der Waals surface area contributed by atoms with E-state index < -0.39 is 0 Å². The molecule has 0 spiro atoms. The van der Waals surface area contributed by atoms with Crippen LogP contribution >= 0.6 is 23.4 Å². The fraction of sp³-hybridized carbons (Fsp3) is 0.200. The first-order valence-electron chi connectivity index (χ1n) is 5.92. The van der Waals surface area contributed by atoms with E-state index in [0.717, 1.165) is 11.4 Å². The van der Waals surface area contributed by atoms with E-state index in [1.165, 1.54) is 15.4 Å². The van der Waals surface area contributed by atoms with Crippen molar-refractivity contribution in [2.75, 3.05) is 0 Å². The summed E-state index contributed by atoms with van der Waals surface area (Å²) in [5.41, 5.74) is 7.10. The molecule has 18 heavy (non-hydrogen) atoms. The van der Waals surface area contributed by atoms with E-state index in [4.69, 9.17) is 17.3 Å². The predicted octanol–water partition coefficient (Wildman–Crippen LogP) is 4.38. The van der Waals surface area contributed by atoms with Crippen molar-refractivity contribution >= 4 is 23.4 Å². The molecule has 3 heteroatoms. The maximum atomic E-state index is 6.05. The van der Waals surface area contributed by atoms with Crippen LogP contribution in [0.5, 0.6) is 0 Å². The van der Waals surface area contributed by atoms with Crippen LogP contribution in [0.3, 0.4) is 0 Å². The van der Waals surface area contributed by atoms with Crippen LogP contribution in [0, 0.1) is 0 Å². The Morgan fingerprint density at radius 1 is 1.17 bits per heavy atom. The molecule has 0 heterocycles. The molecule has 0 saturated carbocycles. The SMILES string of the molecule is CC(N)Cc1cc(Cl)ccc1Sc1ccccc1. The summed E-state index contributed by atoms with van der Waals surface area (Å²) in [6, 6.07) is 16.5. The molecular formula is C15H16ClNS. The van der Waals surface area contributed by atoms with Gasteiger partial charge in [0.15, 0.2) is 0 Å². The van der Waals surface area contributed by atoms with E-state index in [2.05, 4.69) is 18.2 Å². The van der Waals surface area contributed by atoms with Gasteiger partial charge in [-0.3, -0.25) is 0 Å². The first kappa shape index (κ1) is 13.5. The molecule has 2 aromatic carbocycles. The van der Waals surface area contributed by atoms with Crippen molar-refractivity contribution in [1.29, 1.82) is 0 Å². The van der Waals surface area contributed by atoms with Crippen LogP contribution < -0.4 is 5.73 Å². The van der Waals surface area contributed by atoms with Crippen LogP contribution in [-0.4, -0.2) is 6.04 Å². The quantitative estimate of drug-likeness (QED) is 0.897. The van der Waals surface area contributed by atoms with Gasteiger partial charge in [0.1, 0.15) is 0 Å². The van der Waals surface area contributed by atoms with Crippen molar-refractivity contribution < 1.29 is 0 Å². The van der Waals surface area contributed by atoms with Gasteiger partial charge in [0.05, 0.1) is 0 Å². The molecule has 2 rings (SSSR count). The molecule has 0 fully saturated rings. The lowest BCUT2D eigenvalue weighted by Crippen LogP contribution is -2.18. The Morgan fingerprint density at radius 3 is 2.56 bits per heavy atom. The molecule has 1 atom stereocenters. The van der Waals surface area contributed by atoms with Crippen LogP contribution in [-0.2, 0) is 6.42 Å². The lowest BCUT2D eigenvalue weighted by Gasteiger charge is -2.12. The molecular weight excluding hydrogens is 262 g/mol. The monoisotopic (exact) mass is 277 g/mol. The molecule has 0 radical (unpaired) electrons. The number of halogens is 1. The Kier molecular flexibility index (Phi) is 4.70. The highest BCUT2D eigenvalue weighted by Crippen LogP contribution is 2.32. The molecule has 94 valence electrons. The summed E-state index contributed by atoms with van der Waals surface area (Å²) < 4.78 is 0. The number of hydrogen-bond donors (Lipinski definition) is 1. The largest absolute Gasteiger partial charge is 0.328 e. The van der Waals surface area contributed by atoms with Gasteiger partial charge in [0.25, 0.3) is 0 Å². The lowest BCUT2D eigenvalue weighted by molar-refractivity contribution is 0.729. The number of hydrogen-bond acceptors (Lipinski definition) is 2. The van der Waals surface area contributed by atoms with Crippen LogP contribution in [0.15, 0.2) is 58.3 Å². The molecule has 2 N–H and O–H groups in total. The number of nitrogens with two attached hydrogens (primary N) is 1. The maximum absolute atomic E-state index is 6.05. The van der Waals surface area contributed by atoms with Gasteiger partial charge in [-0.05, 0) is 49.2 Å². The summed E-state index contributed by atoms with van der Waals surface area (Å²) in [4.78, 5) is 2.45. The zero-order chi connectivity index (χ0) is 13.0. The molecule has 0 aliphatic heterocycles. The summed E-state index contributed by atoms with van der Waals surface area (Å²) in [6.07, 6.45) is 0.843. The minimum atomic E-state index is 0.138. The minimum Gasteiger partial charge on any atom is -0.328 e. The molecule has 0 amide bonds. The zero-order valence-electron chi connectivity index (χ0n) is 10.3. The molecule has 0 aliphatic carbocycles. The highest BCUT2D eigenvalue weighted by Gasteiger charge is 2.07. The van der Waals surface area contributed by atoms with Crippen molar-refractivity contribution in [1.82, 2.24) is 0 Å². The van der Waals surface area contributed by atoms with Gasteiger partial charge in [0, 0.05) is 20.9 Å². The maximum Gasteiger partial charge on any atom is 0.0409 e. The number of benzene rings is 2.